The number of hydrogen-bond donors (Lipinski definition) is 0. The number of hydrogen-bond acceptors (Lipinski definition) is 6. The van der Waals surface area contributed by atoms with E-state index >= 15 is 0 Å². The first-order valence-corrected chi connectivity index (χ1v) is 12.0. The van der Waals surface area contributed by atoms with Crippen LogP contribution in [0.1, 0.15) is 67.0 Å². The summed E-state index contributed by atoms with van der Waals surface area (Å²) in [6.07, 6.45) is 1.85. The van der Waals surface area contributed by atoms with Crippen molar-refractivity contribution in [3.8, 4) is 17.3 Å². The van der Waals surface area contributed by atoms with E-state index in [4.69, 9.17) is 5.26 Å². The topological polar surface area (TPSA) is 95.7 Å². The molecule has 1 saturated carbocycles. The number of rotatable bonds is 6. The van der Waals surface area contributed by atoms with Gasteiger partial charge in [-0.25, -0.2) is 8.78 Å². The number of nitriles is 1. The summed E-state index contributed by atoms with van der Waals surface area (Å²) in [6.45, 7) is 7.14. The minimum atomic E-state index is -0.675. The van der Waals surface area contributed by atoms with E-state index in [9.17, 15) is 13.6 Å². The van der Waals surface area contributed by atoms with E-state index in [2.05, 4.69) is 34.2 Å². The van der Waals surface area contributed by atoms with Crippen molar-refractivity contribution < 1.29 is 13.6 Å². The Morgan fingerprint density at radius 3 is 2.53 bits per heavy atom. The molecule has 0 radical (unpaired) electrons. The molecular weight excluding hydrogens is 462 g/mol. The Bertz CT molecular complexity index is 1360. The van der Waals surface area contributed by atoms with Gasteiger partial charge in [-0.1, -0.05) is 19.9 Å². The Labute approximate surface area is 208 Å². The summed E-state index contributed by atoms with van der Waals surface area (Å²) in [4.78, 5) is 15.1. The van der Waals surface area contributed by atoms with Crippen molar-refractivity contribution in [1.82, 2.24) is 25.3 Å². The molecule has 1 aromatic carbocycles. The molecule has 1 amide bonds. The standard InChI is InChI=1S/C27H26F2N6O/c1-4-35(25(36)21-9-8-16(11-13-30)31-32-21)15-27-12-10-18(26(27,2)3)17-14-22(33-34-24(17)27)23-19(28)6-5-7-20(23)29/h5-9,14,18H,4,10-12,15H2,1-3H3/t18-,27-/m0/s1. The summed E-state index contributed by atoms with van der Waals surface area (Å²) in [5, 5.41) is 25.7. The predicted octanol–water partition coefficient (Wildman–Crippen LogP) is 4.60. The summed E-state index contributed by atoms with van der Waals surface area (Å²) >= 11 is 0. The highest BCUT2D eigenvalue weighted by molar-refractivity contribution is 5.92. The number of carbonyl (C=O) groups excluding carboxylic acids is 1. The van der Waals surface area contributed by atoms with Crippen LogP contribution in [0, 0.1) is 28.4 Å². The molecule has 1 fully saturated rings. The summed E-state index contributed by atoms with van der Waals surface area (Å²) in [7, 11) is 0. The molecule has 0 N–H and O–H groups in total. The van der Waals surface area contributed by atoms with Gasteiger partial charge in [0.2, 0.25) is 0 Å². The van der Waals surface area contributed by atoms with Crippen molar-refractivity contribution in [2.75, 3.05) is 13.1 Å². The Morgan fingerprint density at radius 2 is 1.89 bits per heavy atom. The molecule has 0 unspecified atom stereocenters. The number of aromatic nitrogens is 4. The van der Waals surface area contributed by atoms with Gasteiger partial charge < -0.3 is 4.90 Å². The smallest absolute Gasteiger partial charge is 0.274 e. The second-order valence-electron chi connectivity index (χ2n) is 10.1. The largest absolute Gasteiger partial charge is 0.337 e. The predicted molar refractivity (Wildman–Crippen MR) is 128 cm³/mol. The van der Waals surface area contributed by atoms with Crippen molar-refractivity contribution in [1.29, 1.82) is 5.26 Å². The SMILES string of the molecule is CCN(C[C@@]12CC[C@@H](c3cc(-c4c(F)cccc4F)nnc31)C2(C)C)C(=O)c1ccc(CC#N)nn1. The van der Waals surface area contributed by atoms with Crippen LogP contribution in [0.4, 0.5) is 8.78 Å². The van der Waals surface area contributed by atoms with Crippen molar-refractivity contribution >= 4 is 5.91 Å². The van der Waals surface area contributed by atoms with Gasteiger partial charge >= 0.3 is 0 Å². The number of nitrogens with zero attached hydrogens (tertiary/aromatic N) is 6. The number of halogens is 2. The zero-order valence-electron chi connectivity index (χ0n) is 20.4. The number of fused-ring (bicyclic) bond motifs is 5. The number of amides is 1. The van der Waals surface area contributed by atoms with Gasteiger partial charge in [-0.3, -0.25) is 4.79 Å². The molecule has 2 aromatic heterocycles. The van der Waals surface area contributed by atoms with E-state index in [-0.39, 0.29) is 40.6 Å². The Kier molecular flexibility index (Phi) is 5.78. The molecule has 5 rings (SSSR count). The first kappa shape index (κ1) is 23.9. The molecule has 2 atom stereocenters. The van der Waals surface area contributed by atoms with E-state index in [0.717, 1.165) is 24.1 Å². The summed E-state index contributed by atoms with van der Waals surface area (Å²) in [6, 6.07) is 10.8. The van der Waals surface area contributed by atoms with Gasteiger partial charge in [0.25, 0.3) is 5.91 Å². The minimum Gasteiger partial charge on any atom is -0.337 e. The van der Waals surface area contributed by atoms with E-state index in [1.165, 1.54) is 18.2 Å². The van der Waals surface area contributed by atoms with Crippen LogP contribution in [-0.4, -0.2) is 44.3 Å². The van der Waals surface area contributed by atoms with Crippen molar-refractivity contribution in [3.05, 3.63) is 70.7 Å². The molecule has 0 spiro atoms. The highest BCUT2D eigenvalue weighted by Gasteiger charge is 2.64. The molecular formula is C27H26F2N6O. The third kappa shape index (κ3) is 3.47. The van der Waals surface area contributed by atoms with Crippen LogP contribution in [0.2, 0.25) is 0 Å². The van der Waals surface area contributed by atoms with Crippen LogP contribution in [0.25, 0.3) is 11.3 Å². The minimum absolute atomic E-state index is 0.131. The normalized spacial score (nSPS) is 21.2. The van der Waals surface area contributed by atoms with Crippen molar-refractivity contribution in [3.63, 3.8) is 0 Å². The third-order valence-electron chi connectivity index (χ3n) is 8.16. The molecule has 2 aliphatic carbocycles. The molecule has 0 saturated heterocycles. The third-order valence-corrected chi connectivity index (χ3v) is 8.16. The lowest BCUT2D eigenvalue weighted by atomic mass is 9.68. The lowest BCUT2D eigenvalue weighted by molar-refractivity contribution is 0.0645. The molecule has 2 bridgehead atoms. The van der Waals surface area contributed by atoms with Crippen LogP contribution >= 0.6 is 0 Å². The van der Waals surface area contributed by atoms with Crippen LogP contribution in [0.5, 0.6) is 0 Å². The van der Waals surface area contributed by atoms with Crippen LogP contribution in [0.3, 0.4) is 0 Å². The van der Waals surface area contributed by atoms with E-state index in [1.54, 1.807) is 23.1 Å². The summed E-state index contributed by atoms with van der Waals surface area (Å²) < 4.78 is 28.9. The quantitative estimate of drug-likeness (QED) is 0.503. The van der Waals surface area contributed by atoms with Crippen LogP contribution in [-0.2, 0) is 11.8 Å². The fraction of sp³-hybridized carbons (Fsp3) is 0.407. The van der Waals surface area contributed by atoms with Crippen molar-refractivity contribution in [2.24, 2.45) is 5.41 Å². The molecule has 0 aliphatic heterocycles. The molecule has 184 valence electrons. The maximum absolute atomic E-state index is 14.5. The Balaban J connectivity index is 1.51. The van der Waals surface area contributed by atoms with Gasteiger partial charge in [-0.15, -0.1) is 5.10 Å². The number of benzene rings is 1. The second-order valence-corrected chi connectivity index (χ2v) is 10.1. The average molecular weight is 489 g/mol. The molecule has 9 heteroatoms. The first-order valence-electron chi connectivity index (χ1n) is 12.0. The number of likely N-dealkylation sites (N-methyl/N-ethyl adjacent to an activating group) is 1. The maximum atomic E-state index is 14.5. The second kappa shape index (κ2) is 8.70. The highest BCUT2D eigenvalue weighted by Crippen LogP contribution is 2.67. The maximum Gasteiger partial charge on any atom is 0.274 e. The van der Waals surface area contributed by atoms with Crippen molar-refractivity contribution in [2.45, 2.75) is 51.4 Å². The van der Waals surface area contributed by atoms with Gasteiger partial charge in [0.1, 0.15) is 11.6 Å². The van der Waals surface area contributed by atoms with E-state index < -0.39 is 17.0 Å². The molecule has 2 heterocycles. The zero-order valence-corrected chi connectivity index (χ0v) is 20.4. The molecule has 7 nitrogen and oxygen atoms in total. The van der Waals surface area contributed by atoms with Gasteiger partial charge in [0, 0.05) is 18.5 Å². The monoisotopic (exact) mass is 488 g/mol. The van der Waals surface area contributed by atoms with Gasteiger partial charge in [-0.2, -0.15) is 20.6 Å². The highest BCUT2D eigenvalue weighted by atomic mass is 19.1. The fourth-order valence-corrected chi connectivity index (χ4v) is 6.11. The summed E-state index contributed by atoms with van der Waals surface area (Å²) in [5.74, 6) is -1.46. The first-order chi connectivity index (χ1) is 17.2. The van der Waals surface area contributed by atoms with Crippen LogP contribution < -0.4 is 0 Å². The lowest BCUT2D eigenvalue weighted by Crippen LogP contribution is -2.48. The van der Waals surface area contributed by atoms with Gasteiger partial charge in [-0.05, 0) is 67.0 Å². The zero-order chi connectivity index (χ0) is 25.7. The molecule has 2 aliphatic rings. The summed E-state index contributed by atoms with van der Waals surface area (Å²) in [5.41, 5.74) is 1.78. The van der Waals surface area contributed by atoms with E-state index in [1.807, 2.05) is 13.0 Å². The Hall–Kier alpha value is -3.80. The van der Waals surface area contributed by atoms with Gasteiger partial charge in [0.15, 0.2) is 5.69 Å². The Morgan fingerprint density at radius 1 is 1.14 bits per heavy atom. The average Bonchev–Trinajstić information content (AvgIpc) is 3.22. The van der Waals surface area contributed by atoms with E-state index in [0.29, 0.717) is 18.8 Å². The lowest BCUT2D eigenvalue weighted by Gasteiger charge is -2.41. The fourth-order valence-electron chi connectivity index (χ4n) is 6.11. The van der Waals surface area contributed by atoms with Gasteiger partial charge in [0.05, 0.1) is 35.1 Å². The molecule has 3 aromatic rings. The molecule has 36 heavy (non-hydrogen) atoms. The number of carbonyl (C=O) groups is 1. The van der Waals surface area contributed by atoms with Crippen LogP contribution in [0.15, 0.2) is 36.4 Å².